The van der Waals surface area contributed by atoms with E-state index in [-0.39, 0.29) is 6.42 Å². The van der Waals surface area contributed by atoms with Crippen LogP contribution in [0.25, 0.3) is 0 Å². The number of aryl methyl sites for hydroxylation is 1. The third kappa shape index (κ3) is 5.47. The lowest BCUT2D eigenvalue weighted by Crippen LogP contribution is -2.68. The van der Waals surface area contributed by atoms with E-state index in [1.165, 1.54) is 25.0 Å². The molecule has 1 aliphatic heterocycles. The zero-order valence-electron chi connectivity index (χ0n) is 23.6. The molecule has 40 heavy (non-hydrogen) atoms. The summed E-state index contributed by atoms with van der Waals surface area (Å²) in [5.74, 6) is -1.71. The summed E-state index contributed by atoms with van der Waals surface area (Å²) in [6.45, 7) is 7.92. The smallest absolute Gasteiger partial charge is 0.361 e. The van der Waals surface area contributed by atoms with Gasteiger partial charge in [0.25, 0.3) is 13.9 Å². The first kappa shape index (κ1) is 30.3. The van der Waals surface area contributed by atoms with Crippen LogP contribution in [0, 0.1) is 6.92 Å². The van der Waals surface area contributed by atoms with E-state index in [1.54, 1.807) is 6.92 Å². The minimum absolute atomic E-state index is 0.130. The molecule has 12 heteroatoms. The highest BCUT2D eigenvalue weighted by molar-refractivity contribution is 7.54. The first-order chi connectivity index (χ1) is 18.9. The number of H-pyrrole nitrogens is 1. The van der Waals surface area contributed by atoms with Gasteiger partial charge in [-0.1, -0.05) is 81.4 Å². The van der Waals surface area contributed by atoms with Crippen molar-refractivity contribution in [1.29, 1.82) is 0 Å². The molecule has 4 atom stereocenters. The Labute approximate surface area is 234 Å². The van der Waals surface area contributed by atoms with Gasteiger partial charge in [-0.05, 0) is 22.3 Å². The van der Waals surface area contributed by atoms with Crippen molar-refractivity contribution in [1.82, 2.24) is 9.55 Å². The molecular formula is C28H37N2O8PSi. The summed E-state index contributed by atoms with van der Waals surface area (Å²) < 4.78 is 38.3. The molecule has 2 heterocycles. The van der Waals surface area contributed by atoms with Crippen LogP contribution < -0.4 is 21.6 Å². The molecule has 2 aromatic carbocycles. The van der Waals surface area contributed by atoms with Crippen LogP contribution in [0.3, 0.4) is 0 Å². The minimum Gasteiger partial charge on any atom is -0.402 e. The Morgan fingerprint density at radius 3 is 2.02 bits per heavy atom. The third-order valence-electron chi connectivity index (χ3n) is 7.44. The van der Waals surface area contributed by atoms with E-state index in [0.717, 1.165) is 10.4 Å². The van der Waals surface area contributed by atoms with Crippen LogP contribution in [0.2, 0.25) is 5.04 Å². The van der Waals surface area contributed by atoms with Gasteiger partial charge in [0.05, 0.1) is 6.10 Å². The Morgan fingerprint density at radius 1 is 1.02 bits per heavy atom. The molecule has 1 fully saturated rings. The predicted octanol–water partition coefficient (Wildman–Crippen LogP) is 2.88. The van der Waals surface area contributed by atoms with E-state index < -0.39 is 56.5 Å². The molecule has 0 radical (unpaired) electrons. The molecular weight excluding hydrogens is 551 g/mol. The van der Waals surface area contributed by atoms with Crippen molar-refractivity contribution in [3.05, 3.63) is 93.3 Å². The molecule has 4 rings (SSSR count). The van der Waals surface area contributed by atoms with Crippen LogP contribution in [0.4, 0.5) is 0 Å². The third-order valence-corrected chi connectivity index (χ3v) is 14.5. The van der Waals surface area contributed by atoms with Crippen LogP contribution in [-0.2, 0) is 22.8 Å². The van der Waals surface area contributed by atoms with Gasteiger partial charge < -0.3 is 23.3 Å². The van der Waals surface area contributed by atoms with Gasteiger partial charge in [0.1, 0.15) is 12.3 Å². The zero-order valence-corrected chi connectivity index (χ0v) is 25.5. The van der Waals surface area contributed by atoms with Gasteiger partial charge in [-0.25, -0.2) is 4.79 Å². The van der Waals surface area contributed by atoms with E-state index in [0.29, 0.717) is 5.56 Å². The fraction of sp³-hybridized carbons (Fsp3) is 0.429. The van der Waals surface area contributed by atoms with E-state index in [4.69, 9.17) is 18.2 Å². The fourth-order valence-corrected chi connectivity index (χ4v) is 11.3. The Hall–Kier alpha value is -2.63. The van der Waals surface area contributed by atoms with Crippen LogP contribution in [0.15, 0.2) is 76.4 Å². The van der Waals surface area contributed by atoms with Crippen molar-refractivity contribution in [3.8, 4) is 0 Å². The number of aliphatic hydroxyl groups is 1. The maximum atomic E-state index is 13.4. The zero-order chi connectivity index (χ0) is 29.3. The van der Waals surface area contributed by atoms with Crippen molar-refractivity contribution < 1.29 is 27.9 Å². The Bertz CT molecular complexity index is 1420. The van der Waals surface area contributed by atoms with Crippen LogP contribution >= 0.6 is 7.60 Å². The highest BCUT2D eigenvalue weighted by Gasteiger charge is 2.56. The number of benzene rings is 2. The largest absolute Gasteiger partial charge is 0.402 e. The molecule has 0 spiro atoms. The number of hydrogen-bond acceptors (Lipinski definition) is 8. The lowest BCUT2D eigenvalue weighted by atomic mass is 10.2. The maximum absolute atomic E-state index is 13.4. The topological polar surface area (TPSA) is 129 Å². The lowest BCUT2D eigenvalue weighted by Gasteiger charge is -2.45. The lowest BCUT2D eigenvalue weighted by molar-refractivity contribution is -0.0634. The molecule has 0 unspecified atom stereocenters. The summed E-state index contributed by atoms with van der Waals surface area (Å²) in [7, 11) is -4.81. The Morgan fingerprint density at radius 2 is 1.55 bits per heavy atom. The van der Waals surface area contributed by atoms with Crippen molar-refractivity contribution >= 4 is 26.3 Å². The van der Waals surface area contributed by atoms with Crippen LogP contribution in [0.5, 0.6) is 0 Å². The first-order valence-corrected chi connectivity index (χ1v) is 16.6. The van der Waals surface area contributed by atoms with Crippen molar-refractivity contribution in [2.75, 3.05) is 14.2 Å². The van der Waals surface area contributed by atoms with Crippen LogP contribution in [0.1, 0.15) is 39.0 Å². The van der Waals surface area contributed by atoms with Crippen molar-refractivity contribution in [3.63, 3.8) is 0 Å². The summed E-state index contributed by atoms with van der Waals surface area (Å²) >= 11 is 0. The van der Waals surface area contributed by atoms with Gasteiger partial charge >= 0.3 is 13.3 Å². The number of nitrogens with zero attached hydrogens (tertiary/aromatic N) is 1. The SMILES string of the molecule is COP(=O)(OC)[C@@H](O)[C@H]1O[C@@H](n2cc(C)c(=O)[nH]c2=O)C[C@@H]1O[Si](c1ccccc1)(c1ccccc1)C(C)(C)C. The monoisotopic (exact) mass is 588 g/mol. The molecule has 1 saturated heterocycles. The molecule has 3 aromatic rings. The molecule has 10 nitrogen and oxygen atoms in total. The molecule has 1 aliphatic rings. The number of ether oxygens (including phenoxy) is 1. The summed E-state index contributed by atoms with van der Waals surface area (Å²) in [6.07, 6.45) is -1.40. The van der Waals surface area contributed by atoms with E-state index >= 15 is 0 Å². The van der Waals surface area contributed by atoms with Gasteiger partial charge in [0.2, 0.25) is 0 Å². The molecule has 216 valence electrons. The number of aromatic nitrogens is 2. The number of aliphatic hydroxyl groups excluding tert-OH is 1. The second-order valence-electron chi connectivity index (χ2n) is 10.9. The molecule has 0 amide bonds. The molecule has 0 saturated carbocycles. The highest BCUT2D eigenvalue weighted by atomic mass is 31.2. The van der Waals surface area contributed by atoms with E-state index in [1.807, 2.05) is 60.7 Å². The average molecular weight is 589 g/mol. The normalized spacial score (nSPS) is 20.9. The summed E-state index contributed by atoms with van der Waals surface area (Å²) in [5, 5.41) is 13.0. The van der Waals surface area contributed by atoms with Gasteiger partial charge in [-0.2, -0.15) is 0 Å². The van der Waals surface area contributed by atoms with Crippen molar-refractivity contribution in [2.45, 2.75) is 63.4 Å². The van der Waals surface area contributed by atoms with Crippen molar-refractivity contribution in [2.24, 2.45) is 0 Å². The van der Waals surface area contributed by atoms with Gasteiger partial charge in [-0.3, -0.25) is 18.9 Å². The quantitative estimate of drug-likeness (QED) is 0.289. The van der Waals surface area contributed by atoms with E-state index in [2.05, 4.69) is 25.8 Å². The van der Waals surface area contributed by atoms with E-state index in [9.17, 15) is 19.3 Å². The number of aromatic amines is 1. The minimum atomic E-state index is -4.04. The predicted molar refractivity (Wildman–Crippen MR) is 155 cm³/mol. The first-order valence-electron chi connectivity index (χ1n) is 13.0. The van der Waals surface area contributed by atoms with Crippen LogP contribution in [-0.4, -0.2) is 55.2 Å². The maximum Gasteiger partial charge on any atom is 0.361 e. The van der Waals surface area contributed by atoms with Gasteiger partial charge in [0.15, 0.2) is 5.85 Å². The average Bonchev–Trinajstić information content (AvgIpc) is 3.36. The molecule has 2 N–H and O–H groups in total. The Balaban J connectivity index is 1.89. The second kappa shape index (κ2) is 11.7. The number of rotatable bonds is 9. The van der Waals surface area contributed by atoms with Gasteiger partial charge in [-0.15, -0.1) is 0 Å². The fourth-order valence-electron chi connectivity index (χ4n) is 5.40. The standard InChI is InChI=1S/C28H37N2O8PSi/c1-19-18-30(27(33)29-25(19)31)23-17-22(24(37-23)26(32)39(34,35-5)36-6)38-40(28(2,3)4,20-13-9-7-10-14-20)21-15-11-8-12-16-21/h7-16,18,22-24,26,32H,17H2,1-6H3,(H,29,31,33)/t22-,23+,24-,26+/m0/s1. The molecule has 0 bridgehead atoms. The van der Waals surface area contributed by atoms with Gasteiger partial charge in [0, 0.05) is 32.4 Å². The number of nitrogens with one attached hydrogen (secondary N) is 1. The molecule has 1 aromatic heterocycles. The summed E-state index contributed by atoms with van der Waals surface area (Å²) in [5.41, 5.74) is -0.850. The number of hydrogen-bond donors (Lipinski definition) is 2. The molecule has 0 aliphatic carbocycles. The summed E-state index contributed by atoms with van der Waals surface area (Å²) in [4.78, 5) is 27.1. The second-order valence-corrected chi connectivity index (χ2v) is 17.5. The Kier molecular flexibility index (Phi) is 8.87. The highest BCUT2D eigenvalue weighted by Crippen LogP contribution is 2.55. The summed E-state index contributed by atoms with van der Waals surface area (Å²) in [6, 6.07) is 19.9.